The molecule has 1 aromatic heterocycles. The summed E-state index contributed by atoms with van der Waals surface area (Å²) in [4.78, 5) is 31.0. The Labute approximate surface area is 169 Å². The van der Waals surface area contributed by atoms with Crippen LogP contribution in [0.5, 0.6) is 0 Å². The average molecular weight is 402 g/mol. The normalized spacial score (nSPS) is 16.5. The van der Waals surface area contributed by atoms with Crippen molar-refractivity contribution >= 4 is 11.6 Å². The summed E-state index contributed by atoms with van der Waals surface area (Å²) < 4.78 is 5.33. The van der Waals surface area contributed by atoms with Crippen LogP contribution >= 0.6 is 0 Å². The molecule has 3 rings (SSSR count). The van der Waals surface area contributed by atoms with Crippen LogP contribution in [0.4, 0.5) is 5.69 Å². The molecule has 1 aliphatic rings. The molecule has 2 aromatic rings. The number of aromatic nitrogens is 2. The number of non-ortho nitro benzene ring substituents is 1. The zero-order chi connectivity index (χ0) is 20.8. The van der Waals surface area contributed by atoms with Crippen LogP contribution in [0.25, 0.3) is 11.4 Å². The van der Waals surface area contributed by atoms with E-state index in [4.69, 9.17) is 4.52 Å². The van der Waals surface area contributed by atoms with Crippen LogP contribution in [-0.2, 0) is 11.3 Å². The number of hydrogen-bond acceptors (Lipinski definition) is 8. The Hall–Kier alpha value is -2.85. The standard InChI is InChI=1S/C19H26N6O4/c1-3-14(2)20-17(26)12-23-8-10-24(11-9-23)13-18-21-19(22-29-18)15-4-6-16(7-5-15)25(27)28/h4-7,14H,3,8-13H2,1-2H3,(H,20,26). The van der Waals surface area contributed by atoms with Gasteiger partial charge < -0.3 is 9.84 Å². The highest BCUT2D eigenvalue weighted by Crippen LogP contribution is 2.20. The van der Waals surface area contributed by atoms with Crippen molar-refractivity contribution in [2.24, 2.45) is 0 Å². The van der Waals surface area contributed by atoms with Gasteiger partial charge in [-0.05, 0) is 25.5 Å². The van der Waals surface area contributed by atoms with Gasteiger partial charge in [0.05, 0.1) is 18.0 Å². The van der Waals surface area contributed by atoms with Gasteiger partial charge in [-0.1, -0.05) is 12.1 Å². The predicted octanol–water partition coefficient (Wildman–Crippen LogP) is 1.68. The Morgan fingerprint density at radius 1 is 1.24 bits per heavy atom. The van der Waals surface area contributed by atoms with Crippen LogP contribution in [0, 0.1) is 10.1 Å². The van der Waals surface area contributed by atoms with Gasteiger partial charge in [-0.25, -0.2) is 0 Å². The van der Waals surface area contributed by atoms with Gasteiger partial charge >= 0.3 is 0 Å². The maximum atomic E-state index is 12.0. The Morgan fingerprint density at radius 2 is 1.90 bits per heavy atom. The molecule has 1 N–H and O–H groups in total. The summed E-state index contributed by atoms with van der Waals surface area (Å²) in [5.74, 6) is 0.981. The smallest absolute Gasteiger partial charge is 0.269 e. The Bertz CT molecular complexity index is 829. The van der Waals surface area contributed by atoms with E-state index < -0.39 is 4.92 Å². The molecule has 29 heavy (non-hydrogen) atoms. The molecule has 0 spiro atoms. The number of nitrogens with one attached hydrogen (secondary N) is 1. The summed E-state index contributed by atoms with van der Waals surface area (Å²) in [6.07, 6.45) is 0.922. The molecule has 0 radical (unpaired) electrons. The average Bonchev–Trinajstić information content (AvgIpc) is 3.18. The van der Waals surface area contributed by atoms with Gasteiger partial charge in [0.25, 0.3) is 5.69 Å². The lowest BCUT2D eigenvalue weighted by Crippen LogP contribution is -2.49. The van der Waals surface area contributed by atoms with Crippen LogP contribution in [0.3, 0.4) is 0 Å². The van der Waals surface area contributed by atoms with Crippen molar-refractivity contribution in [1.29, 1.82) is 0 Å². The second-order valence-electron chi connectivity index (χ2n) is 7.24. The maximum absolute atomic E-state index is 12.0. The molecule has 1 saturated heterocycles. The monoisotopic (exact) mass is 402 g/mol. The SMILES string of the molecule is CCC(C)NC(=O)CN1CCN(Cc2nc(-c3ccc([N+](=O)[O-])cc3)no2)CC1. The van der Waals surface area contributed by atoms with Crippen LogP contribution in [0.15, 0.2) is 28.8 Å². The van der Waals surface area contributed by atoms with Crippen molar-refractivity contribution in [1.82, 2.24) is 25.3 Å². The molecule has 1 fully saturated rings. The number of benzene rings is 1. The molecule has 1 aromatic carbocycles. The third-order valence-corrected chi connectivity index (χ3v) is 5.02. The Kier molecular flexibility index (Phi) is 6.89. The minimum atomic E-state index is -0.445. The van der Waals surface area contributed by atoms with E-state index in [1.54, 1.807) is 12.1 Å². The topological polar surface area (TPSA) is 118 Å². The molecule has 0 bridgehead atoms. The summed E-state index contributed by atoms with van der Waals surface area (Å²) in [5, 5.41) is 17.7. The number of piperazine rings is 1. The zero-order valence-electron chi connectivity index (χ0n) is 16.7. The fourth-order valence-corrected chi connectivity index (χ4v) is 3.09. The number of nitrogens with zero attached hydrogens (tertiary/aromatic N) is 5. The molecule has 0 saturated carbocycles. The number of nitro benzene ring substituents is 1. The van der Waals surface area contributed by atoms with Crippen molar-refractivity contribution in [3.05, 3.63) is 40.3 Å². The summed E-state index contributed by atoms with van der Waals surface area (Å²) in [6, 6.07) is 6.25. The van der Waals surface area contributed by atoms with Gasteiger partial charge in [0.15, 0.2) is 0 Å². The number of nitro groups is 1. The molecule has 10 nitrogen and oxygen atoms in total. The fourth-order valence-electron chi connectivity index (χ4n) is 3.09. The van der Waals surface area contributed by atoms with Crippen LogP contribution in [0.2, 0.25) is 0 Å². The lowest BCUT2D eigenvalue weighted by molar-refractivity contribution is -0.384. The van der Waals surface area contributed by atoms with Crippen LogP contribution in [-0.4, -0.2) is 69.5 Å². The first-order valence-corrected chi connectivity index (χ1v) is 9.76. The van der Waals surface area contributed by atoms with Crippen molar-refractivity contribution in [2.45, 2.75) is 32.9 Å². The van der Waals surface area contributed by atoms with E-state index in [-0.39, 0.29) is 17.6 Å². The van der Waals surface area contributed by atoms with E-state index in [0.717, 1.165) is 32.6 Å². The number of carbonyl (C=O) groups excluding carboxylic acids is 1. The molecule has 1 unspecified atom stereocenters. The highest BCUT2D eigenvalue weighted by Gasteiger charge is 2.21. The molecule has 1 aliphatic heterocycles. The van der Waals surface area contributed by atoms with Gasteiger partial charge in [0.1, 0.15) is 0 Å². The first-order valence-electron chi connectivity index (χ1n) is 9.76. The van der Waals surface area contributed by atoms with Crippen molar-refractivity contribution < 1.29 is 14.2 Å². The van der Waals surface area contributed by atoms with E-state index in [9.17, 15) is 14.9 Å². The first kappa shape index (κ1) is 20.9. The lowest BCUT2D eigenvalue weighted by atomic mass is 10.2. The third kappa shape index (κ3) is 5.81. The largest absolute Gasteiger partial charge is 0.353 e. The fraction of sp³-hybridized carbons (Fsp3) is 0.526. The van der Waals surface area contributed by atoms with Crippen LogP contribution < -0.4 is 5.32 Å². The molecule has 0 aliphatic carbocycles. The highest BCUT2D eigenvalue weighted by molar-refractivity contribution is 5.78. The van der Waals surface area contributed by atoms with E-state index >= 15 is 0 Å². The van der Waals surface area contributed by atoms with Crippen molar-refractivity contribution in [3.63, 3.8) is 0 Å². The van der Waals surface area contributed by atoms with Crippen molar-refractivity contribution in [3.8, 4) is 11.4 Å². The van der Waals surface area contributed by atoms with Crippen LogP contribution in [0.1, 0.15) is 26.2 Å². The Balaban J connectivity index is 1.47. The number of amides is 1. The zero-order valence-corrected chi connectivity index (χ0v) is 16.7. The van der Waals surface area contributed by atoms with Gasteiger partial charge in [-0.15, -0.1) is 0 Å². The lowest BCUT2D eigenvalue weighted by Gasteiger charge is -2.33. The summed E-state index contributed by atoms with van der Waals surface area (Å²) >= 11 is 0. The van der Waals surface area contributed by atoms with E-state index in [1.807, 2.05) is 13.8 Å². The highest BCUT2D eigenvalue weighted by atomic mass is 16.6. The first-order chi connectivity index (χ1) is 13.9. The Morgan fingerprint density at radius 3 is 2.52 bits per heavy atom. The van der Waals surface area contributed by atoms with E-state index in [1.165, 1.54) is 12.1 Å². The summed E-state index contributed by atoms with van der Waals surface area (Å²) in [7, 11) is 0. The minimum absolute atomic E-state index is 0.0215. The molecule has 1 atom stereocenters. The quantitative estimate of drug-likeness (QED) is 0.523. The van der Waals surface area contributed by atoms with E-state index in [0.29, 0.717) is 30.4 Å². The van der Waals surface area contributed by atoms with Crippen molar-refractivity contribution in [2.75, 3.05) is 32.7 Å². The maximum Gasteiger partial charge on any atom is 0.269 e. The molecular formula is C19H26N6O4. The number of carbonyl (C=O) groups is 1. The van der Waals surface area contributed by atoms with Gasteiger partial charge in [-0.2, -0.15) is 4.98 Å². The molecule has 2 heterocycles. The molecule has 1 amide bonds. The molecule has 10 heteroatoms. The second kappa shape index (κ2) is 9.57. The van der Waals surface area contributed by atoms with Gasteiger partial charge in [-0.3, -0.25) is 24.7 Å². The predicted molar refractivity (Wildman–Crippen MR) is 106 cm³/mol. The summed E-state index contributed by atoms with van der Waals surface area (Å²) in [6.45, 7) is 8.24. The number of rotatable bonds is 8. The number of hydrogen-bond donors (Lipinski definition) is 1. The minimum Gasteiger partial charge on any atom is -0.353 e. The van der Waals surface area contributed by atoms with Gasteiger partial charge in [0.2, 0.25) is 17.6 Å². The third-order valence-electron chi connectivity index (χ3n) is 5.02. The molecule has 156 valence electrons. The summed E-state index contributed by atoms with van der Waals surface area (Å²) in [5.41, 5.74) is 0.691. The molecular weight excluding hydrogens is 376 g/mol. The van der Waals surface area contributed by atoms with E-state index in [2.05, 4.69) is 25.3 Å². The van der Waals surface area contributed by atoms with Gasteiger partial charge in [0, 0.05) is 49.9 Å². The second-order valence-corrected chi connectivity index (χ2v) is 7.24.